The standard InChI is InChI=1S/C11H11NO2/c13-11-7-4-8-12(11)14-9-10-5-2-1-3-6-10/h1-7H,8-9H2. The normalized spacial score (nSPS) is 15.1. The molecule has 0 bridgehead atoms. The topological polar surface area (TPSA) is 29.5 Å². The van der Waals surface area contributed by atoms with E-state index in [9.17, 15) is 4.79 Å². The second kappa shape index (κ2) is 4.07. The molecule has 0 aromatic heterocycles. The number of benzene rings is 1. The van der Waals surface area contributed by atoms with Crippen LogP contribution in [0.1, 0.15) is 5.56 Å². The molecular formula is C11H11NO2. The van der Waals surface area contributed by atoms with Crippen molar-refractivity contribution in [3.63, 3.8) is 0 Å². The Morgan fingerprint density at radius 1 is 1.29 bits per heavy atom. The molecule has 0 fully saturated rings. The van der Waals surface area contributed by atoms with Crippen LogP contribution in [0.3, 0.4) is 0 Å². The first-order valence-electron chi connectivity index (χ1n) is 4.51. The van der Waals surface area contributed by atoms with E-state index >= 15 is 0 Å². The van der Waals surface area contributed by atoms with Crippen molar-refractivity contribution in [2.45, 2.75) is 6.61 Å². The number of carbonyl (C=O) groups is 1. The van der Waals surface area contributed by atoms with Crippen LogP contribution in [-0.4, -0.2) is 17.5 Å². The number of hydrogen-bond donors (Lipinski definition) is 0. The molecule has 1 amide bonds. The van der Waals surface area contributed by atoms with E-state index in [4.69, 9.17) is 4.84 Å². The molecule has 0 N–H and O–H groups in total. The first-order chi connectivity index (χ1) is 6.86. The molecule has 0 aliphatic carbocycles. The maximum atomic E-state index is 11.1. The van der Waals surface area contributed by atoms with Crippen molar-refractivity contribution < 1.29 is 9.63 Å². The van der Waals surface area contributed by atoms with E-state index in [1.54, 1.807) is 6.08 Å². The van der Waals surface area contributed by atoms with Crippen LogP contribution < -0.4 is 0 Å². The Morgan fingerprint density at radius 2 is 2.07 bits per heavy atom. The minimum atomic E-state index is -0.0825. The van der Waals surface area contributed by atoms with Gasteiger partial charge in [-0.05, 0) is 5.56 Å². The highest BCUT2D eigenvalue weighted by Crippen LogP contribution is 2.06. The van der Waals surface area contributed by atoms with Gasteiger partial charge in [0.1, 0.15) is 6.61 Å². The lowest BCUT2D eigenvalue weighted by Crippen LogP contribution is -2.25. The summed E-state index contributed by atoms with van der Waals surface area (Å²) in [6.45, 7) is 0.986. The second-order valence-corrected chi connectivity index (χ2v) is 3.06. The molecule has 3 nitrogen and oxygen atoms in total. The zero-order valence-corrected chi connectivity index (χ0v) is 7.72. The van der Waals surface area contributed by atoms with E-state index in [0.29, 0.717) is 13.2 Å². The Labute approximate surface area is 82.5 Å². The first-order valence-corrected chi connectivity index (χ1v) is 4.51. The summed E-state index contributed by atoms with van der Waals surface area (Å²) in [4.78, 5) is 16.4. The van der Waals surface area contributed by atoms with Gasteiger partial charge in [0.05, 0.1) is 6.54 Å². The zero-order valence-electron chi connectivity index (χ0n) is 7.72. The number of nitrogens with zero attached hydrogens (tertiary/aromatic N) is 1. The minimum Gasteiger partial charge on any atom is -0.267 e. The summed E-state index contributed by atoms with van der Waals surface area (Å²) in [6.07, 6.45) is 3.30. The van der Waals surface area contributed by atoms with Gasteiger partial charge in [-0.1, -0.05) is 36.4 Å². The molecule has 1 aromatic rings. The van der Waals surface area contributed by atoms with Gasteiger partial charge < -0.3 is 0 Å². The third-order valence-electron chi connectivity index (χ3n) is 2.01. The Morgan fingerprint density at radius 3 is 2.71 bits per heavy atom. The lowest BCUT2D eigenvalue weighted by molar-refractivity contribution is -0.179. The van der Waals surface area contributed by atoms with Crippen molar-refractivity contribution in [3.05, 3.63) is 48.0 Å². The van der Waals surface area contributed by atoms with Crippen LogP contribution >= 0.6 is 0 Å². The fraction of sp³-hybridized carbons (Fsp3) is 0.182. The predicted octanol–water partition coefficient (Wildman–Crippen LogP) is 1.52. The van der Waals surface area contributed by atoms with Crippen LogP contribution in [0.2, 0.25) is 0 Å². The molecule has 72 valence electrons. The lowest BCUT2D eigenvalue weighted by Gasteiger charge is -2.14. The van der Waals surface area contributed by atoms with Gasteiger partial charge in [0.25, 0.3) is 5.91 Å². The van der Waals surface area contributed by atoms with Gasteiger partial charge in [0, 0.05) is 6.08 Å². The smallest absolute Gasteiger partial charge is 0.267 e. The summed E-state index contributed by atoms with van der Waals surface area (Å²) in [6, 6.07) is 9.78. The fourth-order valence-corrected chi connectivity index (χ4v) is 1.27. The summed E-state index contributed by atoms with van der Waals surface area (Å²) in [7, 11) is 0. The summed E-state index contributed by atoms with van der Waals surface area (Å²) in [5, 5.41) is 1.35. The zero-order chi connectivity index (χ0) is 9.80. The third kappa shape index (κ3) is 2.00. The van der Waals surface area contributed by atoms with Crippen molar-refractivity contribution >= 4 is 5.91 Å². The summed E-state index contributed by atoms with van der Waals surface area (Å²) >= 11 is 0. The lowest BCUT2D eigenvalue weighted by atomic mass is 10.2. The highest BCUT2D eigenvalue weighted by Gasteiger charge is 2.14. The average molecular weight is 189 g/mol. The van der Waals surface area contributed by atoms with E-state index in [1.807, 2.05) is 30.3 Å². The molecule has 0 atom stereocenters. The number of hydroxylamine groups is 2. The van der Waals surface area contributed by atoms with Crippen LogP contribution in [0, 0.1) is 0 Å². The van der Waals surface area contributed by atoms with Gasteiger partial charge in [-0.25, -0.2) is 5.06 Å². The molecule has 0 spiro atoms. The van der Waals surface area contributed by atoms with E-state index in [1.165, 1.54) is 11.1 Å². The number of hydrogen-bond acceptors (Lipinski definition) is 2. The fourth-order valence-electron chi connectivity index (χ4n) is 1.27. The molecule has 1 aliphatic heterocycles. The van der Waals surface area contributed by atoms with Gasteiger partial charge >= 0.3 is 0 Å². The van der Waals surface area contributed by atoms with Gasteiger partial charge in [-0.3, -0.25) is 9.63 Å². The Kier molecular flexibility index (Phi) is 2.60. The molecule has 2 rings (SSSR count). The van der Waals surface area contributed by atoms with E-state index in [2.05, 4.69) is 0 Å². The van der Waals surface area contributed by atoms with Crippen LogP contribution in [0.4, 0.5) is 0 Å². The summed E-state index contributed by atoms with van der Waals surface area (Å²) < 4.78 is 0. The predicted molar refractivity (Wildman–Crippen MR) is 52.1 cm³/mol. The highest BCUT2D eigenvalue weighted by atomic mass is 16.7. The molecule has 0 unspecified atom stereocenters. The molecule has 1 aromatic carbocycles. The monoisotopic (exact) mass is 189 g/mol. The van der Waals surface area contributed by atoms with E-state index in [0.717, 1.165) is 5.56 Å². The van der Waals surface area contributed by atoms with Crippen LogP contribution in [0.15, 0.2) is 42.5 Å². The highest BCUT2D eigenvalue weighted by molar-refractivity contribution is 5.88. The quantitative estimate of drug-likeness (QED) is 0.721. The maximum Gasteiger partial charge on any atom is 0.270 e. The summed E-state index contributed by atoms with van der Waals surface area (Å²) in [5.41, 5.74) is 1.06. The summed E-state index contributed by atoms with van der Waals surface area (Å²) in [5.74, 6) is -0.0825. The van der Waals surface area contributed by atoms with Crippen molar-refractivity contribution in [2.75, 3.05) is 6.54 Å². The minimum absolute atomic E-state index is 0.0825. The van der Waals surface area contributed by atoms with Crippen LogP contribution in [0.5, 0.6) is 0 Å². The SMILES string of the molecule is O=C1C=CCN1OCc1ccccc1. The molecule has 14 heavy (non-hydrogen) atoms. The van der Waals surface area contributed by atoms with Crippen molar-refractivity contribution in [2.24, 2.45) is 0 Å². The third-order valence-corrected chi connectivity index (χ3v) is 2.01. The molecule has 0 radical (unpaired) electrons. The van der Waals surface area contributed by atoms with Gasteiger partial charge in [-0.15, -0.1) is 0 Å². The largest absolute Gasteiger partial charge is 0.270 e. The molecule has 0 saturated heterocycles. The molecule has 3 heteroatoms. The molecule has 0 saturated carbocycles. The van der Waals surface area contributed by atoms with E-state index in [-0.39, 0.29) is 5.91 Å². The Hall–Kier alpha value is -1.61. The van der Waals surface area contributed by atoms with Crippen molar-refractivity contribution in [1.29, 1.82) is 0 Å². The maximum absolute atomic E-state index is 11.1. The van der Waals surface area contributed by atoms with Crippen molar-refractivity contribution in [1.82, 2.24) is 5.06 Å². The molecule has 1 heterocycles. The van der Waals surface area contributed by atoms with Crippen LogP contribution in [0.25, 0.3) is 0 Å². The van der Waals surface area contributed by atoms with Gasteiger partial charge in [-0.2, -0.15) is 0 Å². The number of amides is 1. The van der Waals surface area contributed by atoms with Crippen molar-refractivity contribution in [3.8, 4) is 0 Å². The number of carbonyl (C=O) groups excluding carboxylic acids is 1. The van der Waals surface area contributed by atoms with Gasteiger partial charge in [0.15, 0.2) is 0 Å². The Balaban J connectivity index is 1.86. The second-order valence-electron chi connectivity index (χ2n) is 3.06. The number of rotatable bonds is 3. The van der Waals surface area contributed by atoms with Crippen LogP contribution in [-0.2, 0) is 16.2 Å². The average Bonchev–Trinajstić information content (AvgIpc) is 2.63. The molecular weight excluding hydrogens is 178 g/mol. The van der Waals surface area contributed by atoms with Gasteiger partial charge in [0.2, 0.25) is 0 Å². The first kappa shape index (κ1) is 8.97. The van der Waals surface area contributed by atoms with E-state index < -0.39 is 0 Å². The Bertz CT molecular complexity index is 346. The molecule has 1 aliphatic rings.